The van der Waals surface area contributed by atoms with Crippen molar-refractivity contribution in [3.63, 3.8) is 0 Å². The van der Waals surface area contributed by atoms with Crippen LogP contribution in [-0.2, 0) is 4.79 Å². The van der Waals surface area contributed by atoms with E-state index < -0.39 is 0 Å². The zero-order valence-corrected chi connectivity index (χ0v) is 17.3. The highest BCUT2D eigenvalue weighted by Gasteiger charge is 2.27. The molecule has 30 heavy (non-hydrogen) atoms. The zero-order chi connectivity index (χ0) is 20.9. The Hall–Kier alpha value is -3.41. The highest BCUT2D eigenvalue weighted by molar-refractivity contribution is 5.93. The van der Waals surface area contributed by atoms with E-state index in [2.05, 4.69) is 20.2 Å². The first-order chi connectivity index (χ1) is 14.6. The summed E-state index contributed by atoms with van der Waals surface area (Å²) in [6.07, 6.45) is 3.42. The topological polar surface area (TPSA) is 67.3 Å². The van der Waals surface area contributed by atoms with Crippen molar-refractivity contribution in [3.05, 3.63) is 66.5 Å². The SMILES string of the molecule is COc1ccc(-c2cc(N3CCCC(C(=O)Nc4ccc(C)cc4)C3)ncn2)cc1. The number of aromatic nitrogens is 2. The van der Waals surface area contributed by atoms with Gasteiger partial charge in [-0.1, -0.05) is 17.7 Å². The molecule has 2 aromatic carbocycles. The van der Waals surface area contributed by atoms with Crippen LogP contribution in [0.25, 0.3) is 11.3 Å². The van der Waals surface area contributed by atoms with Crippen molar-refractivity contribution < 1.29 is 9.53 Å². The van der Waals surface area contributed by atoms with E-state index in [1.54, 1.807) is 13.4 Å². The van der Waals surface area contributed by atoms with Crippen LogP contribution in [0.3, 0.4) is 0 Å². The van der Waals surface area contributed by atoms with E-state index in [0.29, 0.717) is 6.54 Å². The summed E-state index contributed by atoms with van der Waals surface area (Å²) < 4.78 is 5.23. The van der Waals surface area contributed by atoms with Crippen molar-refractivity contribution in [3.8, 4) is 17.0 Å². The summed E-state index contributed by atoms with van der Waals surface area (Å²) in [4.78, 5) is 23.9. The van der Waals surface area contributed by atoms with Gasteiger partial charge in [0.05, 0.1) is 18.7 Å². The molecule has 0 saturated carbocycles. The van der Waals surface area contributed by atoms with Gasteiger partial charge in [0.1, 0.15) is 17.9 Å². The number of hydrogen-bond acceptors (Lipinski definition) is 5. The van der Waals surface area contributed by atoms with Crippen LogP contribution in [0.1, 0.15) is 18.4 Å². The molecule has 1 aromatic heterocycles. The molecule has 1 unspecified atom stereocenters. The molecule has 4 rings (SSSR count). The molecule has 1 amide bonds. The lowest BCUT2D eigenvalue weighted by Crippen LogP contribution is -2.41. The summed E-state index contributed by atoms with van der Waals surface area (Å²) in [5.74, 6) is 1.66. The fourth-order valence-corrected chi connectivity index (χ4v) is 3.72. The predicted molar refractivity (Wildman–Crippen MR) is 119 cm³/mol. The second-order valence-corrected chi connectivity index (χ2v) is 7.63. The molecule has 0 aliphatic carbocycles. The van der Waals surface area contributed by atoms with Crippen LogP contribution >= 0.6 is 0 Å². The number of rotatable bonds is 5. The van der Waals surface area contributed by atoms with Crippen molar-refractivity contribution in [1.29, 1.82) is 0 Å². The quantitative estimate of drug-likeness (QED) is 0.689. The zero-order valence-electron chi connectivity index (χ0n) is 17.3. The van der Waals surface area contributed by atoms with Crippen LogP contribution in [-0.4, -0.2) is 36.1 Å². The molecule has 1 saturated heterocycles. The predicted octanol–water partition coefficient (Wildman–Crippen LogP) is 4.32. The second kappa shape index (κ2) is 8.95. The Morgan fingerprint density at radius 2 is 1.87 bits per heavy atom. The smallest absolute Gasteiger partial charge is 0.229 e. The Kier molecular flexibility index (Phi) is 5.93. The van der Waals surface area contributed by atoms with Crippen LogP contribution in [0.5, 0.6) is 5.75 Å². The highest BCUT2D eigenvalue weighted by atomic mass is 16.5. The average Bonchev–Trinajstić information content (AvgIpc) is 2.81. The molecule has 3 aromatic rings. The molecule has 1 aliphatic rings. The number of aryl methyl sites for hydroxylation is 1. The highest BCUT2D eigenvalue weighted by Crippen LogP contribution is 2.26. The van der Waals surface area contributed by atoms with Gasteiger partial charge in [-0.15, -0.1) is 0 Å². The fraction of sp³-hybridized carbons (Fsp3) is 0.292. The maximum atomic E-state index is 12.8. The Morgan fingerprint density at radius 1 is 1.10 bits per heavy atom. The van der Waals surface area contributed by atoms with Gasteiger partial charge in [0.2, 0.25) is 5.91 Å². The van der Waals surface area contributed by atoms with Gasteiger partial charge >= 0.3 is 0 Å². The maximum Gasteiger partial charge on any atom is 0.229 e. The normalized spacial score (nSPS) is 16.2. The number of carbonyl (C=O) groups is 1. The van der Waals surface area contributed by atoms with Gasteiger partial charge in [0.25, 0.3) is 0 Å². The number of ether oxygens (including phenoxy) is 1. The first-order valence-corrected chi connectivity index (χ1v) is 10.2. The lowest BCUT2D eigenvalue weighted by Gasteiger charge is -2.33. The van der Waals surface area contributed by atoms with Crippen LogP contribution in [0.2, 0.25) is 0 Å². The molecule has 1 atom stereocenters. The molecule has 0 bridgehead atoms. The third-order valence-corrected chi connectivity index (χ3v) is 5.47. The molecule has 2 heterocycles. The van der Waals surface area contributed by atoms with Gasteiger partial charge in [0, 0.05) is 30.4 Å². The van der Waals surface area contributed by atoms with Crippen LogP contribution in [0, 0.1) is 12.8 Å². The van der Waals surface area contributed by atoms with Gasteiger partial charge in [-0.3, -0.25) is 4.79 Å². The van der Waals surface area contributed by atoms with E-state index >= 15 is 0 Å². The Labute approximate surface area is 176 Å². The number of nitrogens with zero attached hydrogens (tertiary/aromatic N) is 3. The molecule has 1 aliphatic heterocycles. The molecule has 0 spiro atoms. The first-order valence-electron chi connectivity index (χ1n) is 10.2. The number of benzene rings is 2. The minimum Gasteiger partial charge on any atom is -0.497 e. The van der Waals surface area contributed by atoms with Gasteiger partial charge in [-0.05, 0) is 56.2 Å². The number of hydrogen-bond donors (Lipinski definition) is 1. The second-order valence-electron chi connectivity index (χ2n) is 7.63. The van der Waals surface area contributed by atoms with Crippen molar-refractivity contribution in [2.45, 2.75) is 19.8 Å². The minimum absolute atomic E-state index is 0.0630. The molecule has 1 fully saturated rings. The maximum absolute atomic E-state index is 12.8. The first kappa shape index (κ1) is 19.9. The van der Waals surface area contributed by atoms with Gasteiger partial charge < -0.3 is 15.0 Å². The van der Waals surface area contributed by atoms with E-state index in [9.17, 15) is 4.79 Å². The molecular formula is C24H26N4O2. The van der Waals surface area contributed by atoms with E-state index in [4.69, 9.17) is 4.74 Å². The number of methoxy groups -OCH3 is 1. The average molecular weight is 402 g/mol. The summed E-state index contributed by atoms with van der Waals surface area (Å²) in [5.41, 5.74) is 3.87. The molecule has 154 valence electrons. The molecule has 1 N–H and O–H groups in total. The van der Waals surface area contributed by atoms with Gasteiger partial charge in [-0.2, -0.15) is 0 Å². The van der Waals surface area contributed by atoms with E-state index in [0.717, 1.165) is 47.9 Å². The molecule has 6 heteroatoms. The number of piperidine rings is 1. The number of anilines is 2. The monoisotopic (exact) mass is 402 g/mol. The van der Waals surface area contributed by atoms with Gasteiger partial charge in [-0.25, -0.2) is 9.97 Å². The summed E-state index contributed by atoms with van der Waals surface area (Å²) in [6.45, 7) is 3.57. The Morgan fingerprint density at radius 3 is 2.60 bits per heavy atom. The minimum atomic E-state index is -0.0699. The van der Waals surface area contributed by atoms with E-state index in [1.165, 1.54) is 5.56 Å². The van der Waals surface area contributed by atoms with Crippen molar-refractivity contribution in [2.75, 3.05) is 30.4 Å². The third-order valence-electron chi connectivity index (χ3n) is 5.47. The number of nitrogens with one attached hydrogen (secondary N) is 1. The molecular weight excluding hydrogens is 376 g/mol. The third kappa shape index (κ3) is 4.59. The van der Waals surface area contributed by atoms with Gasteiger partial charge in [0.15, 0.2) is 0 Å². The molecule has 0 radical (unpaired) electrons. The standard InChI is InChI=1S/C24H26N4O2/c1-17-5-9-20(10-6-17)27-24(29)19-4-3-13-28(15-19)23-14-22(25-16-26-23)18-7-11-21(30-2)12-8-18/h5-12,14,16,19H,3-4,13,15H2,1-2H3,(H,27,29). The largest absolute Gasteiger partial charge is 0.497 e. The van der Waals surface area contributed by atoms with Crippen molar-refractivity contribution in [1.82, 2.24) is 9.97 Å². The lowest BCUT2D eigenvalue weighted by atomic mass is 9.97. The van der Waals surface area contributed by atoms with Crippen LogP contribution in [0.15, 0.2) is 60.9 Å². The summed E-state index contributed by atoms with van der Waals surface area (Å²) in [7, 11) is 1.65. The van der Waals surface area contributed by atoms with Crippen LogP contribution < -0.4 is 15.0 Å². The van der Waals surface area contributed by atoms with E-state index in [-0.39, 0.29) is 11.8 Å². The molecule has 6 nitrogen and oxygen atoms in total. The van der Waals surface area contributed by atoms with Crippen LogP contribution in [0.4, 0.5) is 11.5 Å². The summed E-state index contributed by atoms with van der Waals surface area (Å²) >= 11 is 0. The summed E-state index contributed by atoms with van der Waals surface area (Å²) in [6, 6.07) is 17.7. The summed E-state index contributed by atoms with van der Waals surface area (Å²) in [5, 5.41) is 3.05. The number of carbonyl (C=O) groups excluding carboxylic acids is 1. The Balaban J connectivity index is 1.46. The van der Waals surface area contributed by atoms with Crippen molar-refractivity contribution in [2.24, 2.45) is 5.92 Å². The lowest BCUT2D eigenvalue weighted by molar-refractivity contribution is -0.120. The van der Waals surface area contributed by atoms with Crippen molar-refractivity contribution >= 4 is 17.4 Å². The number of amides is 1. The fourth-order valence-electron chi connectivity index (χ4n) is 3.72. The Bertz CT molecular complexity index is 1000. The van der Waals surface area contributed by atoms with E-state index in [1.807, 2.05) is 61.5 Å².